The first-order valence-corrected chi connectivity index (χ1v) is 7.80. The van der Waals surface area contributed by atoms with Crippen molar-refractivity contribution in [3.63, 3.8) is 0 Å². The van der Waals surface area contributed by atoms with Gasteiger partial charge >= 0.3 is 12.0 Å². The second kappa shape index (κ2) is 6.07. The summed E-state index contributed by atoms with van der Waals surface area (Å²) in [5.74, 6) is -1.43. The van der Waals surface area contributed by atoms with Gasteiger partial charge in [0.2, 0.25) is 0 Å². The molecular formula is C17H18N2O5. The maximum atomic E-state index is 12.4. The number of carbonyl (C=O) groups is 4. The minimum Gasteiger partial charge on any atom is -0.456 e. The molecule has 7 heteroatoms. The average molecular weight is 330 g/mol. The Morgan fingerprint density at radius 1 is 1.25 bits per heavy atom. The number of hydrogen-bond acceptors (Lipinski definition) is 5. The van der Waals surface area contributed by atoms with Gasteiger partial charge in [-0.3, -0.25) is 19.3 Å². The first-order chi connectivity index (χ1) is 11.4. The van der Waals surface area contributed by atoms with Crippen LogP contribution < -0.4 is 5.32 Å². The van der Waals surface area contributed by atoms with Gasteiger partial charge in [0.05, 0.1) is 0 Å². The first kappa shape index (κ1) is 16.2. The summed E-state index contributed by atoms with van der Waals surface area (Å²) in [7, 11) is 0. The van der Waals surface area contributed by atoms with Crippen molar-refractivity contribution >= 4 is 23.7 Å². The van der Waals surface area contributed by atoms with Crippen LogP contribution in [0.2, 0.25) is 0 Å². The number of ether oxygens (including phenoxy) is 1. The molecule has 3 amide bonds. The number of rotatable bonds is 6. The molecule has 0 bridgehead atoms. The molecule has 1 saturated carbocycles. The van der Waals surface area contributed by atoms with E-state index in [9.17, 15) is 19.2 Å². The number of imide groups is 1. The van der Waals surface area contributed by atoms with E-state index in [2.05, 4.69) is 5.32 Å². The van der Waals surface area contributed by atoms with Crippen LogP contribution in [-0.4, -0.2) is 47.3 Å². The molecule has 0 radical (unpaired) electrons. The summed E-state index contributed by atoms with van der Waals surface area (Å²) in [5.41, 5.74) is -0.501. The molecule has 1 aromatic carbocycles. The predicted molar refractivity (Wildman–Crippen MR) is 83.1 cm³/mol. The number of Topliss-reactive ketones (excluding diaryl/α,β-unsaturated/α-hetero) is 1. The number of benzene rings is 1. The van der Waals surface area contributed by atoms with Crippen molar-refractivity contribution in [3.8, 4) is 0 Å². The highest BCUT2D eigenvalue weighted by Gasteiger charge is 2.56. The highest BCUT2D eigenvalue weighted by atomic mass is 16.5. The Bertz CT molecular complexity index is 698. The van der Waals surface area contributed by atoms with Crippen LogP contribution >= 0.6 is 0 Å². The smallest absolute Gasteiger partial charge is 0.326 e. The number of nitrogens with zero attached hydrogens (tertiary/aromatic N) is 1. The molecule has 2 aliphatic rings. The summed E-state index contributed by atoms with van der Waals surface area (Å²) in [6.07, 6.45) is 1.76. The molecule has 3 rings (SSSR count). The molecule has 0 spiro atoms. The van der Waals surface area contributed by atoms with Crippen LogP contribution in [0.5, 0.6) is 0 Å². The van der Waals surface area contributed by atoms with Crippen molar-refractivity contribution in [1.82, 2.24) is 10.2 Å². The number of ketones is 1. The highest BCUT2D eigenvalue weighted by molar-refractivity contribution is 6.09. The molecule has 1 aliphatic heterocycles. The maximum Gasteiger partial charge on any atom is 0.326 e. The quantitative estimate of drug-likeness (QED) is 0.479. The van der Waals surface area contributed by atoms with Crippen LogP contribution in [-0.2, 0) is 14.3 Å². The summed E-state index contributed by atoms with van der Waals surface area (Å²) >= 11 is 0. The zero-order chi connectivity index (χ0) is 17.3. The van der Waals surface area contributed by atoms with Gasteiger partial charge in [-0.25, -0.2) is 4.79 Å². The summed E-state index contributed by atoms with van der Waals surface area (Å²) in [6, 6.07) is 7.84. The first-order valence-electron chi connectivity index (χ1n) is 7.80. The van der Waals surface area contributed by atoms with Crippen molar-refractivity contribution in [3.05, 3.63) is 35.9 Å². The summed E-state index contributed by atoms with van der Waals surface area (Å²) in [4.78, 5) is 48.9. The van der Waals surface area contributed by atoms with Crippen molar-refractivity contribution in [2.75, 3.05) is 13.2 Å². The lowest BCUT2D eigenvalue weighted by atomic mass is 9.96. The Labute approximate surface area is 139 Å². The number of amides is 3. The Morgan fingerprint density at radius 2 is 1.92 bits per heavy atom. The fraction of sp³-hybridized carbons (Fsp3) is 0.412. The fourth-order valence-electron chi connectivity index (χ4n) is 2.82. The van der Waals surface area contributed by atoms with Crippen LogP contribution in [0.4, 0.5) is 4.79 Å². The lowest BCUT2D eigenvalue weighted by Crippen LogP contribution is -2.46. The topological polar surface area (TPSA) is 92.8 Å². The monoisotopic (exact) mass is 330 g/mol. The fourth-order valence-corrected chi connectivity index (χ4v) is 2.82. The average Bonchev–Trinajstić information content (AvgIpc) is 3.40. The molecule has 0 aromatic heterocycles. The van der Waals surface area contributed by atoms with Gasteiger partial charge in [0.15, 0.2) is 12.4 Å². The normalized spacial score (nSPS) is 23.1. The third kappa shape index (κ3) is 3.02. The molecular weight excluding hydrogens is 312 g/mol. The van der Waals surface area contributed by atoms with Crippen LogP contribution in [0.1, 0.15) is 30.1 Å². The minimum atomic E-state index is -0.933. The van der Waals surface area contributed by atoms with E-state index in [1.54, 1.807) is 37.3 Å². The second-order valence-corrected chi connectivity index (χ2v) is 6.25. The van der Waals surface area contributed by atoms with Crippen LogP contribution in [0, 0.1) is 5.92 Å². The van der Waals surface area contributed by atoms with Gasteiger partial charge in [0.1, 0.15) is 12.1 Å². The van der Waals surface area contributed by atoms with Crippen molar-refractivity contribution in [2.24, 2.45) is 5.92 Å². The van der Waals surface area contributed by atoms with E-state index in [-0.39, 0.29) is 11.7 Å². The van der Waals surface area contributed by atoms with E-state index in [0.717, 1.165) is 17.7 Å². The summed E-state index contributed by atoms with van der Waals surface area (Å²) in [6.45, 7) is 0.761. The lowest BCUT2D eigenvalue weighted by Gasteiger charge is -2.20. The van der Waals surface area contributed by atoms with Gasteiger partial charge in [-0.2, -0.15) is 0 Å². The number of carbonyl (C=O) groups excluding carboxylic acids is 4. The SMILES string of the molecule is C[C@@]1(C2CC2)NC(=O)N(CC(=O)OCC(=O)c2ccccc2)C1=O. The molecule has 24 heavy (non-hydrogen) atoms. The zero-order valence-corrected chi connectivity index (χ0v) is 13.3. The number of urea groups is 1. The van der Waals surface area contributed by atoms with Crippen LogP contribution in [0.15, 0.2) is 30.3 Å². The molecule has 7 nitrogen and oxygen atoms in total. The Kier molecular flexibility index (Phi) is 4.09. The van der Waals surface area contributed by atoms with E-state index in [0.29, 0.717) is 5.56 Å². The number of nitrogens with one attached hydrogen (secondary N) is 1. The van der Waals surface area contributed by atoms with Crippen molar-refractivity contribution in [2.45, 2.75) is 25.3 Å². The minimum absolute atomic E-state index is 0.120. The third-order valence-corrected chi connectivity index (χ3v) is 4.44. The van der Waals surface area contributed by atoms with E-state index in [1.165, 1.54) is 0 Å². The lowest BCUT2D eigenvalue weighted by molar-refractivity contribution is -0.146. The largest absolute Gasteiger partial charge is 0.456 e. The molecule has 1 aliphatic carbocycles. The molecule has 1 N–H and O–H groups in total. The van der Waals surface area contributed by atoms with E-state index < -0.39 is 36.6 Å². The van der Waals surface area contributed by atoms with Gasteiger partial charge in [0.25, 0.3) is 5.91 Å². The molecule has 0 unspecified atom stereocenters. The molecule has 1 heterocycles. The Hall–Kier alpha value is -2.70. The van der Waals surface area contributed by atoms with E-state index in [1.807, 2.05) is 0 Å². The molecule has 126 valence electrons. The van der Waals surface area contributed by atoms with Gasteiger partial charge in [0, 0.05) is 5.56 Å². The number of hydrogen-bond donors (Lipinski definition) is 1. The van der Waals surface area contributed by atoms with Gasteiger partial charge in [-0.05, 0) is 25.7 Å². The molecule has 2 fully saturated rings. The molecule has 1 aromatic rings. The standard InChI is InChI=1S/C17H18N2O5/c1-17(12-7-8-12)15(22)19(16(23)18-17)9-14(21)24-10-13(20)11-5-3-2-4-6-11/h2-6,12H,7-10H2,1H3,(H,18,23)/t17-/m0/s1. The van der Waals surface area contributed by atoms with Crippen LogP contribution in [0.3, 0.4) is 0 Å². The molecule has 1 atom stereocenters. The summed E-state index contributed by atoms with van der Waals surface area (Å²) in [5, 5.41) is 2.65. The van der Waals surface area contributed by atoms with Gasteiger partial charge in [-0.1, -0.05) is 30.3 Å². The second-order valence-electron chi connectivity index (χ2n) is 6.25. The molecule has 1 saturated heterocycles. The Morgan fingerprint density at radius 3 is 2.54 bits per heavy atom. The predicted octanol–water partition coefficient (Wildman–Crippen LogP) is 1.13. The van der Waals surface area contributed by atoms with E-state index in [4.69, 9.17) is 4.74 Å². The van der Waals surface area contributed by atoms with Crippen LogP contribution in [0.25, 0.3) is 0 Å². The zero-order valence-electron chi connectivity index (χ0n) is 13.3. The Balaban J connectivity index is 1.54. The third-order valence-electron chi connectivity index (χ3n) is 4.44. The maximum absolute atomic E-state index is 12.4. The van der Waals surface area contributed by atoms with Gasteiger partial charge < -0.3 is 10.1 Å². The van der Waals surface area contributed by atoms with Crippen molar-refractivity contribution < 1.29 is 23.9 Å². The van der Waals surface area contributed by atoms with E-state index >= 15 is 0 Å². The van der Waals surface area contributed by atoms with Gasteiger partial charge in [-0.15, -0.1) is 0 Å². The number of esters is 1. The van der Waals surface area contributed by atoms with Crippen molar-refractivity contribution in [1.29, 1.82) is 0 Å². The highest BCUT2D eigenvalue weighted by Crippen LogP contribution is 2.42. The summed E-state index contributed by atoms with van der Waals surface area (Å²) < 4.78 is 4.90.